The number of aliphatic imine (C=N–C) groups is 2. The Morgan fingerprint density at radius 2 is 0.953 bits per heavy atom. The van der Waals surface area contributed by atoms with Crippen molar-refractivity contribution in [2.24, 2.45) is 9.98 Å². The Kier molecular flexibility index (Phi) is 25.4. The van der Waals surface area contributed by atoms with Crippen LogP contribution in [-0.4, -0.2) is 39.6 Å². The van der Waals surface area contributed by atoms with Gasteiger partial charge in [0.2, 0.25) is 0 Å². The molecule has 4 aliphatic rings. The van der Waals surface area contributed by atoms with E-state index in [-0.39, 0.29) is 119 Å². The molecule has 0 saturated carbocycles. The van der Waals surface area contributed by atoms with Gasteiger partial charge < -0.3 is 49.6 Å². The van der Waals surface area contributed by atoms with Crippen molar-refractivity contribution >= 4 is 61.1 Å². The molecule has 10 heteroatoms. The Bertz CT molecular complexity index is 2650. The molecule has 64 heavy (non-hydrogen) atoms. The van der Waals surface area contributed by atoms with E-state index in [2.05, 4.69) is 233 Å². The van der Waals surface area contributed by atoms with E-state index in [1.807, 2.05) is 0 Å². The van der Waals surface area contributed by atoms with Gasteiger partial charge in [0.1, 0.15) is 0 Å². The molecule has 0 atom stereocenters. The maximum absolute atomic E-state index is 4.54. The first kappa shape index (κ1) is 59.0. The first-order valence-corrected chi connectivity index (χ1v) is 25.3. The minimum Gasteiger partial charge on any atom is -1.00 e. The van der Waals surface area contributed by atoms with Crippen LogP contribution in [0.4, 0.5) is 0 Å². The smallest absolute Gasteiger partial charge is 1.00 e. The Balaban J connectivity index is 0.000000416. The Hall–Kier alpha value is -3.02. The third kappa shape index (κ3) is 15.5. The summed E-state index contributed by atoms with van der Waals surface area (Å²) in [5.74, 6) is 0. The zero-order valence-electron chi connectivity index (χ0n) is 37.6. The topological polar surface area (TPSA) is 24.7 Å². The van der Waals surface area contributed by atoms with Gasteiger partial charge >= 0.3 is 52.4 Å². The number of allylic oxidation sites excluding steroid dienone is 10. The number of halogens is 4. The second-order valence-corrected chi connectivity index (χ2v) is 20.9. The van der Waals surface area contributed by atoms with Gasteiger partial charge in [0.25, 0.3) is 0 Å². The molecule has 0 N–H and O–H groups in total. The van der Waals surface area contributed by atoms with E-state index in [9.17, 15) is 0 Å². The zero-order valence-corrected chi connectivity index (χ0v) is 47.5. The number of fused-ring (bicyclic) bond motifs is 4. The van der Waals surface area contributed by atoms with Crippen LogP contribution < -0.4 is 49.6 Å². The normalized spacial score (nSPS) is 13.0. The van der Waals surface area contributed by atoms with Gasteiger partial charge in [0, 0.05) is 28.0 Å². The number of rotatable bonds is 4. The summed E-state index contributed by atoms with van der Waals surface area (Å²) in [6, 6.07) is 43.1. The fourth-order valence-corrected chi connectivity index (χ4v) is 9.13. The monoisotopic (exact) mass is 1100 g/mol. The van der Waals surface area contributed by atoms with Crippen LogP contribution in [0.1, 0.15) is 25.0 Å². The second-order valence-electron chi connectivity index (χ2n) is 16.0. The SMILES string of the molecule is CC1=CC2=CC(C=[Si](C)C)=NC2=C1.CC1=CC2=NC(C=[Si](C)C)=CC2=C1.Cc1cc2c(-c3ccccc3)cccc2[cH-]1.Cc1cc2c(-c3ccccc3)cccc2[cH-]1.[Cl-].[Cl-].[Cl-].[Cl-].[Zr+4].[Zr+4]. The maximum atomic E-state index is 4.54. The Morgan fingerprint density at radius 1 is 0.469 bits per heavy atom. The molecule has 0 fully saturated rings. The van der Waals surface area contributed by atoms with E-state index in [1.165, 1.54) is 77.2 Å². The third-order valence-corrected chi connectivity index (χ3v) is 11.8. The zero-order chi connectivity index (χ0) is 40.8. The van der Waals surface area contributed by atoms with Crippen LogP contribution in [0, 0.1) is 13.8 Å². The van der Waals surface area contributed by atoms with Crippen LogP contribution in [0.15, 0.2) is 201 Å². The van der Waals surface area contributed by atoms with Crippen LogP contribution >= 0.6 is 0 Å². The molecule has 6 aromatic rings. The summed E-state index contributed by atoms with van der Waals surface area (Å²) >= 11 is 0. The molecule has 2 heterocycles. The molecule has 320 valence electrons. The van der Waals surface area contributed by atoms with E-state index < -0.39 is 0 Å². The molecular formula is C54H52Cl4N2Si2Zr2+2. The van der Waals surface area contributed by atoms with E-state index in [0.717, 1.165) is 22.8 Å². The second kappa shape index (κ2) is 27.6. The van der Waals surface area contributed by atoms with Gasteiger partial charge in [-0.2, -0.15) is 12.1 Å². The molecule has 0 spiro atoms. The molecule has 2 nitrogen and oxygen atoms in total. The van der Waals surface area contributed by atoms with E-state index in [0.29, 0.717) is 0 Å². The van der Waals surface area contributed by atoms with Crippen molar-refractivity contribution in [2.75, 3.05) is 0 Å². The van der Waals surface area contributed by atoms with Gasteiger partial charge in [-0.05, 0) is 72.6 Å². The van der Waals surface area contributed by atoms with E-state index >= 15 is 0 Å². The first-order valence-electron chi connectivity index (χ1n) is 20.1. The van der Waals surface area contributed by atoms with Crippen LogP contribution in [0.3, 0.4) is 0 Å². The van der Waals surface area contributed by atoms with Gasteiger partial charge in [0.05, 0.1) is 22.8 Å². The summed E-state index contributed by atoms with van der Waals surface area (Å²) in [6.07, 6.45) is 13.0. The van der Waals surface area contributed by atoms with Gasteiger partial charge in [-0.1, -0.05) is 135 Å². The quantitative estimate of drug-likeness (QED) is 0.191. The summed E-state index contributed by atoms with van der Waals surface area (Å²) in [4.78, 5) is 9.09. The first-order chi connectivity index (χ1) is 28.0. The van der Waals surface area contributed by atoms with Crippen molar-refractivity contribution in [2.45, 2.75) is 53.9 Å². The molecule has 10 rings (SSSR count). The molecule has 0 bridgehead atoms. The van der Waals surface area contributed by atoms with Crippen molar-refractivity contribution in [3.63, 3.8) is 0 Å². The predicted molar refractivity (Wildman–Crippen MR) is 261 cm³/mol. The average Bonchev–Trinajstić information content (AvgIpc) is 4.04. The molecular weight excluding hydrogens is 1060 g/mol. The summed E-state index contributed by atoms with van der Waals surface area (Å²) < 4.78 is 0. The standard InChI is InChI=1S/2C16H13.2C11H13NSi.4ClH.2Zr/c2*1-12-10-14-8-5-9-15(16(14)11-12)13-6-3-2-4-7-13;2*1-8-4-9-6-10(7-13(2)3)12-11(9)5-8;;;;;;/h2*2-11H,1H3;2*4-7H,1-3H3;4*1H;;/q2*-1;;;;;;;2*+4/p-4. The van der Waals surface area contributed by atoms with Gasteiger partial charge in [-0.25, -0.2) is 9.98 Å². The average molecular weight is 1110 g/mol. The molecule has 2 aliphatic heterocycles. The van der Waals surface area contributed by atoms with Crippen LogP contribution in [0.2, 0.25) is 26.2 Å². The number of hydrogen-bond acceptors (Lipinski definition) is 2. The number of aryl methyl sites for hydroxylation is 2. The molecule has 0 aromatic heterocycles. The molecule has 6 aromatic carbocycles. The Morgan fingerprint density at radius 3 is 1.41 bits per heavy atom. The summed E-state index contributed by atoms with van der Waals surface area (Å²) in [7, 11) is -0.619. The summed E-state index contributed by atoms with van der Waals surface area (Å²) in [5, 5.41) is 5.37. The number of nitrogens with zero attached hydrogens (tertiary/aromatic N) is 2. The van der Waals surface area contributed by atoms with Crippen molar-refractivity contribution in [1.82, 2.24) is 0 Å². The van der Waals surface area contributed by atoms with Gasteiger partial charge in [-0.15, -0.1) is 69.1 Å². The largest absolute Gasteiger partial charge is 4.00 e. The number of benzene rings is 4. The van der Waals surface area contributed by atoms with Gasteiger partial charge in [0.15, 0.2) is 0 Å². The predicted octanol–water partition coefficient (Wildman–Crippen LogP) is 1.78. The minimum absolute atomic E-state index is 0. The van der Waals surface area contributed by atoms with Crippen LogP contribution in [0.5, 0.6) is 0 Å². The summed E-state index contributed by atoms with van der Waals surface area (Å²) in [6.45, 7) is 17.6. The molecule has 2 aliphatic carbocycles. The van der Waals surface area contributed by atoms with E-state index in [1.54, 1.807) is 0 Å². The number of hydrogen-bond donors (Lipinski definition) is 0. The molecule has 0 amide bonds. The van der Waals surface area contributed by atoms with Crippen molar-refractivity contribution in [3.05, 3.63) is 203 Å². The molecule has 0 saturated heterocycles. The fraction of sp³-hybridized carbons (Fsp3) is 0.148. The Labute approximate surface area is 447 Å². The van der Waals surface area contributed by atoms with Crippen molar-refractivity contribution < 1.29 is 102 Å². The molecule has 0 unspecified atom stereocenters. The summed E-state index contributed by atoms with van der Waals surface area (Å²) in [5.41, 5.74) is 22.3. The van der Waals surface area contributed by atoms with Gasteiger partial charge in [-0.3, -0.25) is 0 Å². The van der Waals surface area contributed by atoms with Crippen molar-refractivity contribution in [1.29, 1.82) is 0 Å². The van der Waals surface area contributed by atoms with Crippen LogP contribution in [0.25, 0.3) is 43.8 Å². The maximum Gasteiger partial charge on any atom is 4.00 e. The van der Waals surface area contributed by atoms with E-state index in [4.69, 9.17) is 0 Å². The third-order valence-electron chi connectivity index (χ3n) is 10.0. The fourth-order valence-electron chi connectivity index (χ4n) is 7.65. The van der Waals surface area contributed by atoms with Crippen molar-refractivity contribution in [3.8, 4) is 22.3 Å². The van der Waals surface area contributed by atoms with Crippen LogP contribution in [-0.2, 0) is 52.4 Å². The minimum atomic E-state index is -0.310. The molecule has 0 radical (unpaired) electrons.